The van der Waals surface area contributed by atoms with Gasteiger partial charge in [0.1, 0.15) is 5.82 Å². The summed E-state index contributed by atoms with van der Waals surface area (Å²) >= 11 is 5.97. The second-order valence-electron chi connectivity index (χ2n) is 4.38. The Balaban J connectivity index is 1.83. The Kier molecular flexibility index (Phi) is 2.29. The first kappa shape index (κ1) is 9.43. The molecule has 0 aromatic carbocycles. The van der Waals surface area contributed by atoms with Crippen LogP contribution in [-0.2, 0) is 0 Å². The molecule has 2 atom stereocenters. The molecule has 0 spiro atoms. The summed E-state index contributed by atoms with van der Waals surface area (Å²) in [4.78, 5) is 6.71. The minimum absolute atomic E-state index is 0.643. The van der Waals surface area contributed by atoms with Gasteiger partial charge in [-0.1, -0.05) is 11.6 Å². The van der Waals surface area contributed by atoms with E-state index in [-0.39, 0.29) is 0 Å². The van der Waals surface area contributed by atoms with Crippen LogP contribution in [0.25, 0.3) is 0 Å². The van der Waals surface area contributed by atoms with Crippen molar-refractivity contribution in [2.75, 3.05) is 18.0 Å². The van der Waals surface area contributed by atoms with Crippen LogP contribution in [0.4, 0.5) is 5.82 Å². The number of rotatable bonds is 1. The predicted molar refractivity (Wildman–Crippen MR) is 61.4 cm³/mol. The predicted octanol–water partition coefficient (Wildman–Crippen LogP) is 1.68. The van der Waals surface area contributed by atoms with Crippen molar-refractivity contribution in [1.82, 2.24) is 10.3 Å². The smallest absolute Gasteiger partial charge is 0.130 e. The highest BCUT2D eigenvalue weighted by atomic mass is 35.5. The van der Waals surface area contributed by atoms with Crippen LogP contribution in [0.1, 0.15) is 12.8 Å². The van der Waals surface area contributed by atoms with Crippen LogP contribution in [0.2, 0.25) is 5.02 Å². The third-order valence-electron chi connectivity index (χ3n) is 3.25. The number of halogens is 1. The summed E-state index contributed by atoms with van der Waals surface area (Å²) in [5.74, 6) is 1.01. The molecule has 2 saturated heterocycles. The number of nitrogens with one attached hydrogen (secondary N) is 1. The van der Waals surface area contributed by atoms with Gasteiger partial charge < -0.3 is 10.2 Å². The van der Waals surface area contributed by atoms with Gasteiger partial charge >= 0.3 is 0 Å². The Hall–Kier alpha value is -0.800. The second kappa shape index (κ2) is 3.65. The minimum atomic E-state index is 0.643. The molecule has 4 heteroatoms. The van der Waals surface area contributed by atoms with E-state index in [0.717, 1.165) is 23.9 Å². The summed E-state index contributed by atoms with van der Waals surface area (Å²) in [6.45, 7) is 2.12. The molecule has 80 valence electrons. The van der Waals surface area contributed by atoms with Gasteiger partial charge in [-0.25, -0.2) is 4.98 Å². The van der Waals surface area contributed by atoms with Gasteiger partial charge in [-0.05, 0) is 25.0 Å². The van der Waals surface area contributed by atoms with Crippen molar-refractivity contribution in [2.24, 2.45) is 0 Å². The first-order chi connectivity index (χ1) is 7.31. The van der Waals surface area contributed by atoms with Gasteiger partial charge in [0.2, 0.25) is 0 Å². The molecular formula is C11H14ClN3. The number of hydrogen-bond donors (Lipinski definition) is 1. The summed E-state index contributed by atoms with van der Waals surface area (Å²) in [5.41, 5.74) is 0. The van der Waals surface area contributed by atoms with E-state index < -0.39 is 0 Å². The van der Waals surface area contributed by atoms with Gasteiger partial charge in [0, 0.05) is 36.4 Å². The lowest BCUT2D eigenvalue weighted by Gasteiger charge is -2.33. The van der Waals surface area contributed by atoms with Crippen LogP contribution in [0.15, 0.2) is 18.3 Å². The van der Waals surface area contributed by atoms with Crippen molar-refractivity contribution < 1.29 is 0 Å². The van der Waals surface area contributed by atoms with Gasteiger partial charge in [0.05, 0.1) is 0 Å². The molecule has 2 bridgehead atoms. The minimum Gasteiger partial charge on any atom is -0.353 e. The zero-order valence-electron chi connectivity index (χ0n) is 8.49. The maximum Gasteiger partial charge on any atom is 0.130 e. The van der Waals surface area contributed by atoms with E-state index in [9.17, 15) is 0 Å². The van der Waals surface area contributed by atoms with Gasteiger partial charge in [0.15, 0.2) is 0 Å². The van der Waals surface area contributed by atoms with E-state index in [0.29, 0.717) is 12.1 Å². The average Bonchev–Trinajstić information content (AvgIpc) is 2.58. The van der Waals surface area contributed by atoms with E-state index in [4.69, 9.17) is 11.6 Å². The van der Waals surface area contributed by atoms with E-state index >= 15 is 0 Å². The van der Waals surface area contributed by atoms with Crippen molar-refractivity contribution in [3.63, 3.8) is 0 Å². The van der Waals surface area contributed by atoms with Crippen molar-refractivity contribution in [3.05, 3.63) is 23.4 Å². The summed E-state index contributed by atoms with van der Waals surface area (Å²) < 4.78 is 0. The lowest BCUT2D eigenvalue weighted by atomic mass is 10.2. The molecule has 2 aliphatic heterocycles. The monoisotopic (exact) mass is 223 g/mol. The van der Waals surface area contributed by atoms with Crippen molar-refractivity contribution >= 4 is 17.4 Å². The molecule has 0 amide bonds. The van der Waals surface area contributed by atoms with Crippen LogP contribution in [0.5, 0.6) is 0 Å². The van der Waals surface area contributed by atoms with Gasteiger partial charge in [-0.15, -0.1) is 0 Å². The van der Waals surface area contributed by atoms with Crippen LogP contribution in [0, 0.1) is 0 Å². The van der Waals surface area contributed by atoms with Crippen LogP contribution in [0.3, 0.4) is 0 Å². The normalized spacial score (nSPS) is 29.5. The third-order valence-corrected chi connectivity index (χ3v) is 3.48. The van der Waals surface area contributed by atoms with E-state index in [1.807, 2.05) is 12.1 Å². The van der Waals surface area contributed by atoms with Gasteiger partial charge in [0.25, 0.3) is 0 Å². The number of pyridine rings is 1. The molecule has 0 aliphatic carbocycles. The first-order valence-corrected chi connectivity index (χ1v) is 5.81. The summed E-state index contributed by atoms with van der Waals surface area (Å²) in [5, 5.41) is 4.37. The largest absolute Gasteiger partial charge is 0.353 e. The van der Waals surface area contributed by atoms with Gasteiger partial charge in [-0.3, -0.25) is 0 Å². The van der Waals surface area contributed by atoms with Crippen molar-refractivity contribution in [1.29, 1.82) is 0 Å². The zero-order chi connectivity index (χ0) is 10.3. The fourth-order valence-corrected chi connectivity index (χ4v) is 2.70. The Morgan fingerprint density at radius 3 is 2.73 bits per heavy atom. The number of piperazine rings is 1. The average molecular weight is 224 g/mol. The number of nitrogens with zero attached hydrogens (tertiary/aromatic N) is 2. The first-order valence-electron chi connectivity index (χ1n) is 5.44. The third kappa shape index (κ3) is 1.82. The van der Waals surface area contributed by atoms with E-state index in [2.05, 4.69) is 15.2 Å². The molecule has 0 saturated carbocycles. The molecule has 2 aliphatic rings. The Morgan fingerprint density at radius 2 is 2.07 bits per heavy atom. The lowest BCUT2D eigenvalue weighted by molar-refractivity contribution is 0.463. The van der Waals surface area contributed by atoms with Crippen molar-refractivity contribution in [2.45, 2.75) is 24.9 Å². The summed E-state index contributed by atoms with van der Waals surface area (Å²) in [6, 6.07) is 5.06. The molecule has 2 unspecified atom stereocenters. The molecule has 0 radical (unpaired) electrons. The van der Waals surface area contributed by atoms with Crippen LogP contribution in [-0.4, -0.2) is 30.2 Å². The number of hydrogen-bond acceptors (Lipinski definition) is 3. The quantitative estimate of drug-likeness (QED) is 0.785. The molecule has 1 aromatic heterocycles. The van der Waals surface area contributed by atoms with Gasteiger partial charge in [-0.2, -0.15) is 0 Å². The molecular weight excluding hydrogens is 210 g/mol. The standard InChI is InChI=1S/C11H14ClN3/c12-8-3-4-13-11(5-8)15-6-9-1-2-10(7-15)14-9/h3-5,9-10,14H,1-2,6-7H2. The lowest BCUT2D eigenvalue weighted by Crippen LogP contribution is -2.51. The highest BCUT2D eigenvalue weighted by molar-refractivity contribution is 6.30. The maximum atomic E-state index is 5.97. The van der Waals surface area contributed by atoms with Crippen molar-refractivity contribution in [3.8, 4) is 0 Å². The SMILES string of the molecule is Clc1ccnc(N2CC3CCC(C2)N3)c1. The number of anilines is 1. The zero-order valence-corrected chi connectivity index (χ0v) is 9.24. The number of fused-ring (bicyclic) bond motifs is 2. The van der Waals surface area contributed by atoms with Crippen LogP contribution < -0.4 is 10.2 Å². The highest BCUT2D eigenvalue weighted by Gasteiger charge is 2.32. The number of aromatic nitrogens is 1. The molecule has 15 heavy (non-hydrogen) atoms. The fourth-order valence-electron chi connectivity index (χ4n) is 2.55. The molecule has 2 fully saturated rings. The molecule has 3 heterocycles. The molecule has 3 rings (SSSR count). The Morgan fingerprint density at radius 1 is 1.33 bits per heavy atom. The topological polar surface area (TPSA) is 28.2 Å². The molecule has 3 nitrogen and oxygen atoms in total. The van der Waals surface area contributed by atoms with E-state index in [1.165, 1.54) is 12.8 Å². The Bertz CT molecular complexity index is 357. The van der Waals surface area contributed by atoms with Crippen LogP contribution >= 0.6 is 11.6 Å². The molecule has 1 N–H and O–H groups in total. The second-order valence-corrected chi connectivity index (χ2v) is 4.81. The summed E-state index contributed by atoms with van der Waals surface area (Å²) in [6.07, 6.45) is 4.37. The Labute approximate surface area is 94.4 Å². The highest BCUT2D eigenvalue weighted by Crippen LogP contribution is 2.25. The van der Waals surface area contributed by atoms with E-state index in [1.54, 1.807) is 6.20 Å². The summed E-state index contributed by atoms with van der Waals surface area (Å²) in [7, 11) is 0. The fraction of sp³-hybridized carbons (Fsp3) is 0.545. The maximum absolute atomic E-state index is 5.97. The molecule has 1 aromatic rings.